The van der Waals surface area contributed by atoms with Crippen molar-refractivity contribution in [3.63, 3.8) is 0 Å². The van der Waals surface area contributed by atoms with E-state index in [1.165, 1.54) is 11.3 Å². The quantitative estimate of drug-likeness (QED) is 0.576. The predicted octanol–water partition coefficient (Wildman–Crippen LogP) is 5.63. The van der Waals surface area contributed by atoms with E-state index in [9.17, 15) is 0 Å². The molecule has 0 nitrogen and oxygen atoms in total. The molecule has 2 heterocycles. The van der Waals surface area contributed by atoms with Gasteiger partial charge in [0.15, 0.2) is 0 Å². The predicted molar refractivity (Wildman–Crippen MR) is 87.1 cm³/mol. The monoisotopic (exact) mass is 284 g/mol. The van der Waals surface area contributed by atoms with Gasteiger partial charge < -0.3 is 0 Å². The molecule has 2 aliphatic heterocycles. The van der Waals surface area contributed by atoms with E-state index in [-0.39, 0.29) is 0 Å². The lowest BCUT2D eigenvalue weighted by atomic mass is 9.99. The highest BCUT2D eigenvalue weighted by atomic mass is 31.1. The fourth-order valence-electron chi connectivity index (χ4n) is 4.44. The van der Waals surface area contributed by atoms with Gasteiger partial charge >= 0.3 is 0 Å². The third-order valence-corrected chi connectivity index (χ3v) is 12.3. The van der Waals surface area contributed by atoms with Crippen LogP contribution in [0.5, 0.6) is 0 Å². The maximum Gasteiger partial charge on any atom is -0.0141 e. The van der Waals surface area contributed by atoms with Crippen LogP contribution in [0.15, 0.2) is 0 Å². The first-order chi connectivity index (χ1) is 8.95. The second-order valence-corrected chi connectivity index (χ2v) is 12.1. The Morgan fingerprint density at radius 3 is 1.22 bits per heavy atom. The van der Waals surface area contributed by atoms with Gasteiger partial charge in [0.2, 0.25) is 0 Å². The summed E-state index contributed by atoms with van der Waals surface area (Å²) in [5.41, 5.74) is 2.47. The molecule has 0 N–H and O–H groups in total. The molecule has 1 aliphatic carbocycles. The maximum absolute atomic E-state index is 1.65. The van der Waals surface area contributed by atoms with Crippen molar-refractivity contribution in [2.75, 3.05) is 24.6 Å². The molecule has 104 valence electrons. The molecule has 3 aliphatic rings. The topological polar surface area (TPSA) is 0 Å². The van der Waals surface area contributed by atoms with Crippen LogP contribution in [0.3, 0.4) is 0 Å². The molecular formula is C16H30P2. The Labute approximate surface area is 116 Å². The van der Waals surface area contributed by atoms with E-state index < -0.39 is 0 Å². The molecule has 0 aromatic carbocycles. The first-order valence-electron chi connectivity index (χ1n) is 8.43. The lowest BCUT2D eigenvalue weighted by molar-refractivity contribution is 0.510. The Kier molecular flexibility index (Phi) is 5.40. The van der Waals surface area contributed by atoms with Gasteiger partial charge in [-0.2, -0.15) is 0 Å². The number of hydrogen-bond donors (Lipinski definition) is 0. The lowest BCUT2D eigenvalue weighted by Crippen LogP contribution is -2.31. The zero-order chi connectivity index (χ0) is 12.2. The largest absolute Gasteiger partial charge is 0.103 e. The normalized spacial score (nSPS) is 36.7. The summed E-state index contributed by atoms with van der Waals surface area (Å²) in [6.45, 7) is 0. The number of hydrogen-bond acceptors (Lipinski definition) is 0. The van der Waals surface area contributed by atoms with Crippen LogP contribution in [0.1, 0.15) is 64.2 Å². The van der Waals surface area contributed by atoms with Gasteiger partial charge in [0.05, 0.1) is 0 Å². The van der Waals surface area contributed by atoms with Gasteiger partial charge in [-0.25, -0.2) is 0 Å². The summed E-state index contributed by atoms with van der Waals surface area (Å²) in [5.74, 6) is 0. The van der Waals surface area contributed by atoms with E-state index in [0.29, 0.717) is 15.8 Å². The summed E-state index contributed by atoms with van der Waals surface area (Å²) in [6, 6.07) is 0. The van der Waals surface area contributed by atoms with E-state index in [4.69, 9.17) is 0 Å². The minimum Gasteiger partial charge on any atom is -0.103 e. The van der Waals surface area contributed by atoms with Crippen LogP contribution in [-0.2, 0) is 0 Å². The summed E-state index contributed by atoms with van der Waals surface area (Å²) in [6.07, 6.45) is 22.4. The lowest BCUT2D eigenvalue weighted by Gasteiger charge is -2.44. The van der Waals surface area contributed by atoms with E-state index >= 15 is 0 Å². The molecule has 0 spiro atoms. The third kappa shape index (κ3) is 3.30. The van der Waals surface area contributed by atoms with Gasteiger partial charge in [-0.3, -0.25) is 0 Å². The molecule has 3 fully saturated rings. The Balaban J connectivity index is 1.64. The number of rotatable bonds is 2. The SMILES string of the molecule is C1CCP([C@H]2CCCC[C@@H]2P2CCCCC2)CC1. The molecule has 2 saturated heterocycles. The third-order valence-electron chi connectivity index (χ3n) is 5.41. The van der Waals surface area contributed by atoms with Crippen LogP contribution in [0, 0.1) is 0 Å². The van der Waals surface area contributed by atoms with Crippen LogP contribution < -0.4 is 0 Å². The van der Waals surface area contributed by atoms with Gasteiger partial charge in [-0.1, -0.05) is 25.7 Å². The second-order valence-electron chi connectivity index (χ2n) is 6.61. The molecule has 0 bridgehead atoms. The fraction of sp³-hybridized carbons (Fsp3) is 1.00. The van der Waals surface area contributed by atoms with Crippen molar-refractivity contribution >= 4 is 15.8 Å². The summed E-state index contributed by atoms with van der Waals surface area (Å²) in [4.78, 5) is 0. The molecule has 0 aromatic rings. The highest BCUT2D eigenvalue weighted by Gasteiger charge is 2.36. The highest BCUT2D eigenvalue weighted by molar-refractivity contribution is 7.62. The Morgan fingerprint density at radius 1 is 0.444 bits per heavy atom. The first-order valence-corrected chi connectivity index (χ1v) is 12.0. The van der Waals surface area contributed by atoms with E-state index in [0.717, 1.165) is 0 Å². The van der Waals surface area contributed by atoms with E-state index in [2.05, 4.69) is 0 Å². The van der Waals surface area contributed by atoms with Crippen LogP contribution in [-0.4, -0.2) is 36.0 Å². The van der Waals surface area contributed by atoms with Gasteiger partial charge in [0.1, 0.15) is 0 Å². The smallest absolute Gasteiger partial charge is 0.0141 e. The van der Waals surface area contributed by atoms with Crippen molar-refractivity contribution in [2.45, 2.75) is 75.5 Å². The molecular weight excluding hydrogens is 254 g/mol. The highest BCUT2D eigenvalue weighted by Crippen LogP contribution is 2.60. The molecule has 1 saturated carbocycles. The molecule has 2 heteroatoms. The zero-order valence-electron chi connectivity index (χ0n) is 11.9. The zero-order valence-corrected chi connectivity index (χ0v) is 13.7. The van der Waals surface area contributed by atoms with Crippen molar-refractivity contribution in [1.82, 2.24) is 0 Å². The van der Waals surface area contributed by atoms with Gasteiger partial charge in [0, 0.05) is 0 Å². The van der Waals surface area contributed by atoms with Crippen molar-refractivity contribution in [3.05, 3.63) is 0 Å². The Morgan fingerprint density at radius 2 is 0.833 bits per heavy atom. The maximum atomic E-state index is 1.65. The van der Waals surface area contributed by atoms with E-state index in [1.807, 2.05) is 0 Å². The summed E-state index contributed by atoms with van der Waals surface area (Å²) >= 11 is 0. The minimum absolute atomic E-state index is 0.462. The van der Waals surface area contributed by atoms with Gasteiger partial charge in [-0.15, -0.1) is 15.8 Å². The standard InChI is InChI=1S/C16H30P2/c1-5-11-17(12-6-1)15-9-3-4-10-16(15)18-13-7-2-8-14-18/h15-16H,1-14H2/t15-,16-/m0/s1. The molecule has 0 aromatic heterocycles. The van der Waals surface area contributed by atoms with Crippen LogP contribution >= 0.6 is 15.8 Å². The van der Waals surface area contributed by atoms with Gasteiger partial charge in [-0.05, 0) is 74.5 Å². The summed E-state index contributed by atoms with van der Waals surface area (Å²) in [7, 11) is 0.924. The summed E-state index contributed by atoms with van der Waals surface area (Å²) in [5, 5.41) is 0. The molecule has 0 amide bonds. The van der Waals surface area contributed by atoms with Crippen molar-refractivity contribution in [1.29, 1.82) is 0 Å². The Bertz CT molecular complexity index is 215. The van der Waals surface area contributed by atoms with Crippen LogP contribution in [0.4, 0.5) is 0 Å². The average molecular weight is 284 g/mol. The second kappa shape index (κ2) is 7.04. The van der Waals surface area contributed by atoms with Crippen molar-refractivity contribution in [2.24, 2.45) is 0 Å². The van der Waals surface area contributed by atoms with Crippen molar-refractivity contribution < 1.29 is 0 Å². The van der Waals surface area contributed by atoms with Crippen LogP contribution in [0.25, 0.3) is 0 Å². The molecule has 18 heavy (non-hydrogen) atoms. The van der Waals surface area contributed by atoms with Gasteiger partial charge in [0.25, 0.3) is 0 Å². The molecule has 0 unspecified atom stereocenters. The average Bonchev–Trinajstić information content (AvgIpc) is 2.49. The van der Waals surface area contributed by atoms with Crippen molar-refractivity contribution in [3.8, 4) is 0 Å². The first kappa shape index (κ1) is 13.8. The Hall–Kier alpha value is 0.860. The van der Waals surface area contributed by atoms with E-state index in [1.54, 1.807) is 88.9 Å². The van der Waals surface area contributed by atoms with Crippen LogP contribution in [0.2, 0.25) is 0 Å². The summed E-state index contributed by atoms with van der Waals surface area (Å²) < 4.78 is 0. The molecule has 3 rings (SSSR count). The minimum atomic E-state index is 0.462. The molecule has 0 radical (unpaired) electrons. The fourth-order valence-corrected chi connectivity index (χ4v) is 12.2. The molecule has 2 atom stereocenters.